The Morgan fingerprint density at radius 3 is 2.43 bits per heavy atom. The molecule has 0 radical (unpaired) electrons. The van der Waals surface area contributed by atoms with E-state index in [1.165, 1.54) is 31.0 Å². The molecule has 47 heavy (non-hydrogen) atoms. The zero-order valence-corrected chi connectivity index (χ0v) is 28.9. The molecule has 2 saturated heterocycles. The molecule has 9 nitrogen and oxygen atoms in total. The van der Waals surface area contributed by atoms with E-state index >= 15 is 0 Å². The molecule has 0 atom stereocenters. The Morgan fingerprint density at radius 1 is 0.979 bits per heavy atom. The number of carbonyl (C=O) groups is 2. The Balaban J connectivity index is 1.27. The zero-order valence-electron chi connectivity index (χ0n) is 25.7. The van der Waals surface area contributed by atoms with Gasteiger partial charge in [-0.25, -0.2) is 4.79 Å². The summed E-state index contributed by atoms with van der Waals surface area (Å²) in [6.07, 6.45) is 3.16. The lowest BCUT2D eigenvalue weighted by Gasteiger charge is -2.26. The maximum absolute atomic E-state index is 13.5. The molecule has 2 fully saturated rings. The number of carboxylic acids is 1. The number of thiocarbonyl (C=S) groups is 1. The SMILES string of the molecule is COc1cc(C(=O)O)ccc1OCCCN1C(=O)C(=Cc2cc(-c3ccc(Cl)cc3Cl)ccc2OCCCN2CCOCC2)SC1=S. The summed E-state index contributed by atoms with van der Waals surface area (Å²) in [5.74, 6) is 0.139. The van der Waals surface area contributed by atoms with Crippen molar-refractivity contribution in [3.8, 4) is 28.4 Å². The van der Waals surface area contributed by atoms with Gasteiger partial charge in [0.05, 0.1) is 44.0 Å². The van der Waals surface area contributed by atoms with E-state index in [-0.39, 0.29) is 18.1 Å². The van der Waals surface area contributed by atoms with Crippen molar-refractivity contribution in [2.45, 2.75) is 12.8 Å². The van der Waals surface area contributed by atoms with E-state index in [0.717, 1.165) is 56.0 Å². The summed E-state index contributed by atoms with van der Waals surface area (Å²) in [6, 6.07) is 15.6. The summed E-state index contributed by atoms with van der Waals surface area (Å²) in [7, 11) is 1.45. The van der Waals surface area contributed by atoms with Crippen molar-refractivity contribution >= 4 is 69.5 Å². The number of morpholine rings is 1. The van der Waals surface area contributed by atoms with Gasteiger partial charge in [0.25, 0.3) is 5.91 Å². The second-order valence-corrected chi connectivity index (χ2v) is 13.3. The second kappa shape index (κ2) is 16.7. The standard InChI is InChI=1S/C34H34Cl2N2O7S2/c1-42-30-19-23(33(40)41)5-9-29(30)45-15-3-11-38-32(39)31(47-34(38)46)20-24-18-22(26-7-6-25(35)21-27(26)36)4-8-28(24)44-14-2-10-37-12-16-43-17-13-37/h4-9,18-21H,2-3,10-17H2,1H3,(H,40,41). The van der Waals surface area contributed by atoms with Crippen molar-refractivity contribution in [3.63, 3.8) is 0 Å². The van der Waals surface area contributed by atoms with Crippen LogP contribution in [0.5, 0.6) is 17.2 Å². The molecule has 1 N–H and O–H groups in total. The smallest absolute Gasteiger partial charge is 0.335 e. The zero-order chi connectivity index (χ0) is 33.3. The molecular weight excluding hydrogens is 683 g/mol. The number of hydrogen-bond acceptors (Lipinski definition) is 9. The number of nitrogens with zero attached hydrogens (tertiary/aromatic N) is 2. The Kier molecular flexibility index (Phi) is 12.4. The summed E-state index contributed by atoms with van der Waals surface area (Å²) in [6.45, 7) is 5.40. The fourth-order valence-corrected chi connectivity index (χ4v) is 6.95. The molecule has 13 heteroatoms. The van der Waals surface area contributed by atoms with Crippen LogP contribution in [0.2, 0.25) is 10.0 Å². The van der Waals surface area contributed by atoms with Gasteiger partial charge in [-0.15, -0.1) is 0 Å². The van der Waals surface area contributed by atoms with Gasteiger partial charge in [0.2, 0.25) is 0 Å². The molecule has 2 heterocycles. The van der Waals surface area contributed by atoms with Gasteiger partial charge in [-0.05, 0) is 66.9 Å². The number of halogens is 2. The van der Waals surface area contributed by atoms with Gasteiger partial charge < -0.3 is 24.1 Å². The number of ether oxygens (including phenoxy) is 4. The van der Waals surface area contributed by atoms with E-state index in [1.807, 2.05) is 30.3 Å². The van der Waals surface area contributed by atoms with Gasteiger partial charge in [0.1, 0.15) is 10.1 Å². The van der Waals surface area contributed by atoms with Gasteiger partial charge in [0.15, 0.2) is 11.5 Å². The largest absolute Gasteiger partial charge is 0.493 e. The highest BCUT2D eigenvalue weighted by Crippen LogP contribution is 2.38. The van der Waals surface area contributed by atoms with Crippen LogP contribution in [0.15, 0.2) is 59.5 Å². The lowest BCUT2D eigenvalue weighted by molar-refractivity contribution is -0.122. The van der Waals surface area contributed by atoms with E-state index < -0.39 is 5.97 Å². The van der Waals surface area contributed by atoms with Crippen molar-refractivity contribution in [2.75, 3.05) is 59.7 Å². The minimum Gasteiger partial charge on any atom is -0.493 e. The van der Waals surface area contributed by atoms with Crippen molar-refractivity contribution in [1.82, 2.24) is 9.80 Å². The number of aromatic carboxylic acids is 1. The molecule has 0 bridgehead atoms. The maximum atomic E-state index is 13.5. The topological polar surface area (TPSA) is 97.8 Å². The van der Waals surface area contributed by atoms with Crippen LogP contribution in [-0.4, -0.2) is 90.8 Å². The van der Waals surface area contributed by atoms with Crippen LogP contribution >= 0.6 is 47.2 Å². The first-order chi connectivity index (χ1) is 22.7. The van der Waals surface area contributed by atoms with Crippen molar-refractivity contribution < 1.29 is 33.6 Å². The molecule has 2 aliphatic heterocycles. The number of hydrogen-bond donors (Lipinski definition) is 1. The van der Waals surface area contributed by atoms with Crippen LogP contribution in [0.25, 0.3) is 17.2 Å². The first-order valence-electron chi connectivity index (χ1n) is 15.1. The first-order valence-corrected chi connectivity index (χ1v) is 17.0. The summed E-state index contributed by atoms with van der Waals surface area (Å²) < 4.78 is 23.2. The van der Waals surface area contributed by atoms with Crippen LogP contribution in [0.1, 0.15) is 28.8 Å². The summed E-state index contributed by atoms with van der Waals surface area (Å²) in [5.41, 5.74) is 2.51. The molecule has 3 aromatic carbocycles. The summed E-state index contributed by atoms with van der Waals surface area (Å²) in [5, 5.41) is 10.3. The average molecular weight is 718 g/mol. The first kappa shape index (κ1) is 35.0. The van der Waals surface area contributed by atoms with Crippen LogP contribution in [0.3, 0.4) is 0 Å². The Bertz CT molecular complexity index is 1660. The molecule has 0 spiro atoms. The van der Waals surface area contributed by atoms with Gasteiger partial charge in [-0.1, -0.05) is 59.3 Å². The molecule has 3 aromatic rings. The third kappa shape index (κ3) is 9.19. The lowest BCUT2D eigenvalue weighted by atomic mass is 10.0. The number of carboxylic acid groups (broad SMARTS) is 1. The van der Waals surface area contributed by atoms with E-state index in [1.54, 1.807) is 23.1 Å². The number of benzene rings is 3. The highest BCUT2D eigenvalue weighted by molar-refractivity contribution is 8.26. The molecule has 2 aliphatic rings. The van der Waals surface area contributed by atoms with Crippen LogP contribution < -0.4 is 14.2 Å². The summed E-state index contributed by atoms with van der Waals surface area (Å²) in [4.78, 5) is 29.2. The van der Waals surface area contributed by atoms with Gasteiger partial charge in [-0.3, -0.25) is 14.6 Å². The highest BCUT2D eigenvalue weighted by Gasteiger charge is 2.32. The third-order valence-corrected chi connectivity index (χ3v) is 9.51. The molecule has 1 amide bonds. The second-order valence-electron chi connectivity index (χ2n) is 10.7. The lowest BCUT2D eigenvalue weighted by Crippen LogP contribution is -2.37. The molecule has 248 valence electrons. The van der Waals surface area contributed by atoms with E-state index in [4.69, 9.17) is 54.4 Å². The van der Waals surface area contributed by atoms with Gasteiger partial charge in [0, 0.05) is 47.4 Å². The molecular formula is C34H34Cl2N2O7S2. The van der Waals surface area contributed by atoms with Crippen molar-refractivity contribution in [2.24, 2.45) is 0 Å². The number of carbonyl (C=O) groups excluding carboxylic acids is 1. The number of amides is 1. The van der Waals surface area contributed by atoms with E-state index in [0.29, 0.717) is 56.1 Å². The fourth-order valence-electron chi connectivity index (χ4n) is 5.14. The normalized spacial score (nSPS) is 16.1. The number of thioether (sulfide) groups is 1. The average Bonchev–Trinajstić information content (AvgIpc) is 3.33. The Hall–Kier alpha value is -3.32. The van der Waals surface area contributed by atoms with Gasteiger partial charge >= 0.3 is 5.97 Å². The van der Waals surface area contributed by atoms with Crippen molar-refractivity contribution in [1.29, 1.82) is 0 Å². The fraction of sp³-hybridized carbons (Fsp3) is 0.324. The van der Waals surface area contributed by atoms with Crippen molar-refractivity contribution in [3.05, 3.63) is 80.7 Å². The monoisotopic (exact) mass is 716 g/mol. The highest BCUT2D eigenvalue weighted by atomic mass is 35.5. The Morgan fingerprint density at radius 2 is 1.70 bits per heavy atom. The quantitative estimate of drug-likeness (QED) is 0.105. The van der Waals surface area contributed by atoms with Crippen LogP contribution in [-0.2, 0) is 9.53 Å². The summed E-state index contributed by atoms with van der Waals surface area (Å²) >= 11 is 19.5. The predicted molar refractivity (Wildman–Crippen MR) is 189 cm³/mol. The molecule has 5 rings (SSSR count). The minimum atomic E-state index is -1.06. The molecule has 0 unspecified atom stereocenters. The van der Waals surface area contributed by atoms with E-state index in [9.17, 15) is 14.7 Å². The minimum absolute atomic E-state index is 0.0990. The van der Waals surface area contributed by atoms with Crippen LogP contribution in [0.4, 0.5) is 0 Å². The van der Waals surface area contributed by atoms with E-state index in [2.05, 4.69) is 4.90 Å². The molecule has 0 saturated carbocycles. The number of rotatable bonds is 14. The predicted octanol–water partition coefficient (Wildman–Crippen LogP) is 7.14. The van der Waals surface area contributed by atoms with Crippen LogP contribution in [0, 0.1) is 0 Å². The molecule has 0 aliphatic carbocycles. The maximum Gasteiger partial charge on any atom is 0.335 e. The van der Waals surface area contributed by atoms with Gasteiger partial charge in [-0.2, -0.15) is 0 Å². The Labute approximate surface area is 293 Å². The molecule has 0 aromatic heterocycles. The third-order valence-electron chi connectivity index (χ3n) is 7.59. The number of methoxy groups -OCH3 is 1.